The van der Waals surface area contributed by atoms with Gasteiger partial charge in [0.2, 0.25) is 11.8 Å². The number of nitrogens with one attached hydrogen (secondary N) is 2. The predicted octanol–water partition coefficient (Wildman–Crippen LogP) is 5.40. The molecule has 11 heteroatoms. The number of fused-ring (bicyclic) bond motifs is 1. The first-order valence-electron chi connectivity index (χ1n) is 12.7. The summed E-state index contributed by atoms with van der Waals surface area (Å²) in [6.45, 7) is 2.90. The van der Waals surface area contributed by atoms with Crippen molar-refractivity contribution in [1.29, 1.82) is 0 Å². The molecule has 1 atom stereocenters. The Labute approximate surface area is 234 Å². The Morgan fingerprint density at radius 3 is 2.48 bits per heavy atom. The van der Waals surface area contributed by atoms with E-state index in [9.17, 15) is 22.8 Å². The molecular formula is C29H27ClF3N5O2. The van der Waals surface area contributed by atoms with E-state index in [0.29, 0.717) is 40.6 Å². The molecule has 2 amide bonds. The molecule has 1 fully saturated rings. The number of hydrogen-bond acceptors (Lipinski definition) is 5. The minimum absolute atomic E-state index is 0.00143. The highest BCUT2D eigenvalue weighted by Crippen LogP contribution is 2.40. The van der Waals surface area contributed by atoms with Gasteiger partial charge in [0.05, 0.1) is 29.2 Å². The molecule has 0 aliphatic carbocycles. The van der Waals surface area contributed by atoms with Crippen molar-refractivity contribution in [2.24, 2.45) is 4.99 Å². The Hall–Kier alpha value is -3.73. The minimum atomic E-state index is -4.75. The Kier molecular flexibility index (Phi) is 7.93. The van der Waals surface area contributed by atoms with Crippen molar-refractivity contribution in [2.75, 3.05) is 50.4 Å². The van der Waals surface area contributed by atoms with Crippen molar-refractivity contribution < 1.29 is 22.8 Å². The molecular weight excluding hydrogens is 543 g/mol. The fourth-order valence-electron chi connectivity index (χ4n) is 4.89. The van der Waals surface area contributed by atoms with Gasteiger partial charge in [0.15, 0.2) is 0 Å². The zero-order chi connectivity index (χ0) is 28.4. The van der Waals surface area contributed by atoms with E-state index >= 15 is 0 Å². The van der Waals surface area contributed by atoms with Gasteiger partial charge in [0.25, 0.3) is 0 Å². The van der Waals surface area contributed by atoms with Gasteiger partial charge in [-0.05, 0) is 48.5 Å². The SMILES string of the molecule is CN1CCN(CC(=O)Nc2ccc(N=C(c3ccccc3)C3C(=O)Nc4cc(Cl)ccc43)cc2C(F)(F)F)CC1. The zero-order valence-electron chi connectivity index (χ0n) is 21.6. The molecule has 2 aliphatic heterocycles. The molecule has 2 N–H and O–H groups in total. The third-order valence-electron chi connectivity index (χ3n) is 6.98. The minimum Gasteiger partial charge on any atom is -0.325 e. The van der Waals surface area contributed by atoms with Gasteiger partial charge < -0.3 is 15.5 Å². The topological polar surface area (TPSA) is 77.0 Å². The van der Waals surface area contributed by atoms with Gasteiger partial charge >= 0.3 is 6.18 Å². The average Bonchev–Trinajstić information content (AvgIpc) is 3.23. The fourth-order valence-corrected chi connectivity index (χ4v) is 5.07. The number of amides is 2. The van der Waals surface area contributed by atoms with Crippen LogP contribution in [-0.4, -0.2) is 67.1 Å². The lowest BCUT2D eigenvalue weighted by Crippen LogP contribution is -2.47. The third kappa shape index (κ3) is 6.19. The van der Waals surface area contributed by atoms with Gasteiger partial charge in [-0.1, -0.05) is 48.0 Å². The normalized spacial score (nSPS) is 18.4. The monoisotopic (exact) mass is 569 g/mol. The highest BCUT2D eigenvalue weighted by molar-refractivity contribution is 6.31. The first-order valence-corrected chi connectivity index (χ1v) is 13.1. The van der Waals surface area contributed by atoms with Crippen LogP contribution in [-0.2, 0) is 15.8 Å². The van der Waals surface area contributed by atoms with Crippen LogP contribution in [0.2, 0.25) is 5.02 Å². The summed E-state index contributed by atoms with van der Waals surface area (Å²) in [5.41, 5.74) is 0.670. The number of carbonyl (C=O) groups excluding carboxylic acids is 2. The summed E-state index contributed by atoms with van der Waals surface area (Å²) in [4.78, 5) is 34.3. The second kappa shape index (κ2) is 11.4. The van der Waals surface area contributed by atoms with Crippen LogP contribution in [0.3, 0.4) is 0 Å². The maximum atomic E-state index is 14.1. The van der Waals surface area contributed by atoms with E-state index in [1.807, 2.05) is 11.9 Å². The Bertz CT molecular complexity index is 1450. The summed E-state index contributed by atoms with van der Waals surface area (Å²) in [6.07, 6.45) is -4.75. The van der Waals surface area contributed by atoms with Crippen molar-refractivity contribution in [2.45, 2.75) is 12.1 Å². The lowest BCUT2D eigenvalue weighted by Gasteiger charge is -2.31. The van der Waals surface area contributed by atoms with Crippen molar-refractivity contribution in [3.8, 4) is 0 Å². The van der Waals surface area contributed by atoms with Crippen LogP contribution >= 0.6 is 11.6 Å². The number of piperazine rings is 1. The number of likely N-dealkylation sites (N-methyl/N-ethyl adjacent to an activating group) is 1. The molecule has 0 saturated carbocycles. The summed E-state index contributed by atoms with van der Waals surface area (Å²) >= 11 is 6.09. The number of anilines is 2. The molecule has 5 rings (SSSR count). The lowest BCUT2D eigenvalue weighted by atomic mass is 9.90. The van der Waals surface area contributed by atoms with E-state index in [4.69, 9.17) is 11.6 Å². The summed E-state index contributed by atoms with van der Waals surface area (Å²) < 4.78 is 42.4. The maximum Gasteiger partial charge on any atom is 0.418 e. The average molecular weight is 570 g/mol. The number of nitrogens with zero attached hydrogens (tertiary/aromatic N) is 3. The van der Waals surface area contributed by atoms with Crippen LogP contribution in [0.4, 0.5) is 30.2 Å². The molecule has 0 radical (unpaired) electrons. The van der Waals surface area contributed by atoms with Gasteiger partial charge in [-0.3, -0.25) is 19.5 Å². The van der Waals surface area contributed by atoms with Crippen LogP contribution in [0.1, 0.15) is 22.6 Å². The van der Waals surface area contributed by atoms with E-state index in [-0.39, 0.29) is 23.8 Å². The Morgan fingerprint density at radius 1 is 1.05 bits per heavy atom. The molecule has 3 aromatic rings. The Morgan fingerprint density at radius 2 is 1.77 bits per heavy atom. The molecule has 1 saturated heterocycles. The van der Waals surface area contributed by atoms with E-state index in [1.54, 1.807) is 48.5 Å². The van der Waals surface area contributed by atoms with Crippen LogP contribution < -0.4 is 10.6 Å². The second-order valence-corrected chi connectivity index (χ2v) is 10.3. The van der Waals surface area contributed by atoms with Gasteiger partial charge in [0.1, 0.15) is 5.92 Å². The number of carbonyl (C=O) groups is 2. The molecule has 0 bridgehead atoms. The maximum absolute atomic E-state index is 14.1. The quantitative estimate of drug-likeness (QED) is 0.390. The van der Waals surface area contributed by atoms with Gasteiger partial charge in [-0.25, -0.2) is 0 Å². The van der Waals surface area contributed by atoms with Crippen molar-refractivity contribution >= 4 is 46.2 Å². The molecule has 7 nitrogen and oxygen atoms in total. The van der Waals surface area contributed by atoms with Crippen LogP contribution in [0, 0.1) is 0 Å². The fraction of sp³-hybridized carbons (Fsp3) is 0.276. The number of aliphatic imine (C=N–C) groups is 1. The first-order chi connectivity index (χ1) is 19.1. The Balaban J connectivity index is 1.49. The van der Waals surface area contributed by atoms with Gasteiger partial charge in [-0.15, -0.1) is 0 Å². The zero-order valence-corrected chi connectivity index (χ0v) is 22.4. The third-order valence-corrected chi connectivity index (χ3v) is 7.22. The smallest absolute Gasteiger partial charge is 0.325 e. The summed E-state index contributed by atoms with van der Waals surface area (Å²) in [6, 6.07) is 17.3. The summed E-state index contributed by atoms with van der Waals surface area (Å²) in [7, 11) is 1.98. The number of rotatable bonds is 6. The van der Waals surface area contributed by atoms with Crippen molar-refractivity contribution in [1.82, 2.24) is 9.80 Å². The largest absolute Gasteiger partial charge is 0.418 e. The summed E-state index contributed by atoms with van der Waals surface area (Å²) in [5.74, 6) is -1.73. The molecule has 3 aromatic carbocycles. The molecule has 40 heavy (non-hydrogen) atoms. The second-order valence-electron chi connectivity index (χ2n) is 9.87. The predicted molar refractivity (Wildman–Crippen MR) is 149 cm³/mol. The molecule has 2 heterocycles. The number of benzene rings is 3. The van der Waals surface area contributed by atoms with E-state index in [0.717, 1.165) is 19.2 Å². The first kappa shape index (κ1) is 27.8. The lowest BCUT2D eigenvalue weighted by molar-refractivity contribution is -0.137. The van der Waals surface area contributed by atoms with Crippen molar-refractivity contribution in [3.63, 3.8) is 0 Å². The van der Waals surface area contributed by atoms with E-state index in [2.05, 4.69) is 20.5 Å². The van der Waals surface area contributed by atoms with Crippen LogP contribution in [0.25, 0.3) is 0 Å². The summed E-state index contributed by atoms with van der Waals surface area (Å²) in [5, 5.41) is 5.66. The van der Waals surface area contributed by atoms with Gasteiger partial charge in [-0.2, -0.15) is 13.2 Å². The highest BCUT2D eigenvalue weighted by atomic mass is 35.5. The highest BCUT2D eigenvalue weighted by Gasteiger charge is 2.37. The molecule has 0 aromatic heterocycles. The standard InChI is InChI=1S/C29H27ClF3N5O2/c1-37-11-13-38(14-12-37)17-25(39)35-23-10-8-20(16-22(23)29(31,32)33)34-27(18-5-3-2-4-6-18)26-21-9-7-19(30)15-24(21)36-28(26)40/h2-10,15-16,26H,11-14,17H2,1H3,(H,35,39)(H,36,40). The molecule has 2 aliphatic rings. The van der Waals surface area contributed by atoms with Gasteiger partial charge in [0, 0.05) is 36.9 Å². The van der Waals surface area contributed by atoms with Crippen LogP contribution in [0.5, 0.6) is 0 Å². The molecule has 208 valence electrons. The number of hydrogen-bond donors (Lipinski definition) is 2. The molecule has 1 unspecified atom stereocenters. The molecule has 0 spiro atoms. The number of alkyl halides is 3. The van der Waals surface area contributed by atoms with Crippen molar-refractivity contribution in [3.05, 3.63) is 88.4 Å². The number of halogens is 4. The van der Waals surface area contributed by atoms with Crippen LogP contribution in [0.15, 0.2) is 71.7 Å². The van der Waals surface area contributed by atoms with E-state index < -0.39 is 23.6 Å². The van der Waals surface area contributed by atoms with E-state index in [1.165, 1.54) is 12.1 Å².